The predicted octanol–water partition coefficient (Wildman–Crippen LogP) is 4.91. The van der Waals surface area contributed by atoms with Crippen molar-refractivity contribution in [3.8, 4) is 11.5 Å². The Balaban J connectivity index is 0.00000272. The number of thiazole rings is 1. The van der Waals surface area contributed by atoms with Gasteiger partial charge in [0.25, 0.3) is 0 Å². The minimum atomic E-state index is 0. The standard InChI is InChI=1S/C22H25N3O3S2.ClH/c1-24(2)10-6-11-25(21(26)9-12-29-16-7-4-3-5-8-16)22-23-17-13-18-19(28-15-27-18)14-20(17)30-22;/h3-5,7-8,13-14H,6,9-12,15H2,1-2H3;1H. The molecule has 0 saturated heterocycles. The second-order valence-corrected chi connectivity index (χ2v) is 9.46. The third-order valence-corrected chi connectivity index (χ3v) is 6.77. The Bertz CT molecular complexity index is 973. The summed E-state index contributed by atoms with van der Waals surface area (Å²) in [5.41, 5.74) is 0.836. The molecule has 0 spiro atoms. The molecule has 31 heavy (non-hydrogen) atoms. The lowest BCUT2D eigenvalue weighted by Gasteiger charge is -2.21. The van der Waals surface area contributed by atoms with E-state index < -0.39 is 0 Å². The third kappa shape index (κ3) is 6.04. The minimum absolute atomic E-state index is 0. The lowest BCUT2D eigenvalue weighted by Crippen LogP contribution is -2.33. The van der Waals surface area contributed by atoms with Crippen LogP contribution in [0.25, 0.3) is 10.2 Å². The molecule has 0 saturated carbocycles. The highest BCUT2D eigenvalue weighted by molar-refractivity contribution is 7.99. The lowest BCUT2D eigenvalue weighted by atomic mass is 10.3. The normalized spacial score (nSPS) is 12.2. The van der Waals surface area contributed by atoms with Crippen LogP contribution in [-0.2, 0) is 4.79 Å². The van der Waals surface area contributed by atoms with E-state index in [9.17, 15) is 4.79 Å². The second-order valence-electron chi connectivity index (χ2n) is 7.28. The third-order valence-electron chi connectivity index (χ3n) is 4.72. The number of rotatable bonds is 9. The van der Waals surface area contributed by atoms with Crippen molar-refractivity contribution in [1.82, 2.24) is 9.88 Å². The number of carbonyl (C=O) groups is 1. The Kier molecular flexibility index (Phi) is 8.43. The number of ether oxygens (including phenoxy) is 2. The van der Waals surface area contributed by atoms with Gasteiger partial charge in [-0.1, -0.05) is 29.5 Å². The van der Waals surface area contributed by atoms with Gasteiger partial charge in [-0.05, 0) is 39.2 Å². The van der Waals surface area contributed by atoms with Gasteiger partial charge in [0.15, 0.2) is 16.6 Å². The molecule has 0 bridgehead atoms. The average molecular weight is 480 g/mol. The van der Waals surface area contributed by atoms with E-state index in [4.69, 9.17) is 14.5 Å². The number of hydrogen-bond donors (Lipinski definition) is 0. The molecule has 4 rings (SSSR count). The summed E-state index contributed by atoms with van der Waals surface area (Å²) < 4.78 is 11.9. The maximum atomic E-state index is 13.1. The highest BCUT2D eigenvalue weighted by Gasteiger charge is 2.22. The first kappa shape index (κ1) is 23.7. The molecule has 2 heterocycles. The number of benzene rings is 2. The van der Waals surface area contributed by atoms with Crippen LogP contribution in [-0.4, -0.2) is 55.5 Å². The van der Waals surface area contributed by atoms with Crippen molar-refractivity contribution >= 4 is 56.8 Å². The summed E-state index contributed by atoms with van der Waals surface area (Å²) in [5.74, 6) is 2.30. The number of nitrogens with zero attached hydrogens (tertiary/aromatic N) is 3. The van der Waals surface area contributed by atoms with Gasteiger partial charge in [0.1, 0.15) is 0 Å². The summed E-state index contributed by atoms with van der Waals surface area (Å²) in [4.78, 5) is 23.0. The molecule has 0 aliphatic carbocycles. The van der Waals surface area contributed by atoms with Gasteiger partial charge in [-0.3, -0.25) is 9.69 Å². The van der Waals surface area contributed by atoms with E-state index in [0.29, 0.717) is 18.7 Å². The van der Waals surface area contributed by atoms with Gasteiger partial charge in [0.2, 0.25) is 12.7 Å². The fraction of sp³-hybridized carbons (Fsp3) is 0.364. The average Bonchev–Trinajstić information content (AvgIpc) is 3.35. The molecule has 1 aliphatic rings. The molecule has 1 aromatic heterocycles. The Morgan fingerprint density at radius 2 is 1.87 bits per heavy atom. The summed E-state index contributed by atoms with van der Waals surface area (Å²) in [6, 6.07) is 14.0. The molecule has 0 N–H and O–H groups in total. The summed E-state index contributed by atoms with van der Waals surface area (Å²) in [5, 5.41) is 0.738. The minimum Gasteiger partial charge on any atom is -0.454 e. The molecule has 2 aromatic carbocycles. The van der Waals surface area contributed by atoms with Crippen LogP contribution in [0.2, 0.25) is 0 Å². The van der Waals surface area contributed by atoms with Crippen LogP contribution in [0.1, 0.15) is 12.8 Å². The predicted molar refractivity (Wildman–Crippen MR) is 130 cm³/mol. The van der Waals surface area contributed by atoms with Crippen LogP contribution < -0.4 is 14.4 Å². The summed E-state index contributed by atoms with van der Waals surface area (Å²) >= 11 is 3.23. The Hall–Kier alpha value is -2.00. The van der Waals surface area contributed by atoms with Gasteiger partial charge < -0.3 is 14.4 Å². The van der Waals surface area contributed by atoms with Gasteiger partial charge in [-0.25, -0.2) is 4.98 Å². The van der Waals surface area contributed by atoms with E-state index in [1.165, 1.54) is 16.2 Å². The number of amides is 1. The van der Waals surface area contributed by atoms with E-state index in [0.717, 1.165) is 39.8 Å². The Morgan fingerprint density at radius 1 is 1.13 bits per heavy atom. The molecule has 6 nitrogen and oxygen atoms in total. The van der Waals surface area contributed by atoms with Gasteiger partial charge in [0.05, 0.1) is 10.2 Å². The van der Waals surface area contributed by atoms with Crippen molar-refractivity contribution in [2.45, 2.75) is 17.7 Å². The van der Waals surface area contributed by atoms with Crippen LogP contribution in [0.3, 0.4) is 0 Å². The van der Waals surface area contributed by atoms with Gasteiger partial charge in [-0.2, -0.15) is 0 Å². The molecule has 0 radical (unpaired) electrons. The lowest BCUT2D eigenvalue weighted by molar-refractivity contribution is -0.118. The number of hydrogen-bond acceptors (Lipinski definition) is 7. The molecule has 9 heteroatoms. The molecule has 0 unspecified atom stereocenters. The van der Waals surface area contributed by atoms with Crippen molar-refractivity contribution in [3.63, 3.8) is 0 Å². The topological polar surface area (TPSA) is 54.9 Å². The first-order valence-corrected chi connectivity index (χ1v) is 11.7. The molecule has 0 atom stereocenters. The molecular formula is C22H26ClN3O3S2. The van der Waals surface area contributed by atoms with E-state index in [1.54, 1.807) is 11.8 Å². The smallest absolute Gasteiger partial charge is 0.231 e. The van der Waals surface area contributed by atoms with Gasteiger partial charge >= 0.3 is 0 Å². The van der Waals surface area contributed by atoms with E-state index in [1.807, 2.05) is 49.3 Å². The van der Waals surface area contributed by atoms with Crippen LogP contribution in [0.15, 0.2) is 47.4 Å². The monoisotopic (exact) mass is 479 g/mol. The first-order chi connectivity index (χ1) is 14.6. The van der Waals surface area contributed by atoms with Crippen LogP contribution >= 0.6 is 35.5 Å². The zero-order valence-electron chi connectivity index (χ0n) is 17.6. The van der Waals surface area contributed by atoms with E-state index in [2.05, 4.69) is 17.0 Å². The zero-order valence-corrected chi connectivity index (χ0v) is 20.0. The van der Waals surface area contributed by atoms with Crippen molar-refractivity contribution < 1.29 is 14.3 Å². The van der Waals surface area contributed by atoms with Gasteiger partial charge in [0, 0.05) is 35.7 Å². The fourth-order valence-electron chi connectivity index (χ4n) is 3.20. The van der Waals surface area contributed by atoms with Crippen LogP contribution in [0, 0.1) is 0 Å². The molecular weight excluding hydrogens is 454 g/mol. The Labute approximate surface area is 196 Å². The number of carbonyl (C=O) groups excluding carboxylic acids is 1. The highest BCUT2D eigenvalue weighted by atomic mass is 35.5. The first-order valence-electron chi connectivity index (χ1n) is 9.93. The number of thioether (sulfide) groups is 1. The molecule has 3 aromatic rings. The quantitative estimate of drug-likeness (QED) is 0.406. The number of anilines is 1. The van der Waals surface area contributed by atoms with E-state index >= 15 is 0 Å². The number of aromatic nitrogens is 1. The maximum Gasteiger partial charge on any atom is 0.231 e. The maximum absolute atomic E-state index is 13.1. The molecule has 1 amide bonds. The molecule has 166 valence electrons. The van der Waals surface area contributed by atoms with Crippen LogP contribution in [0.5, 0.6) is 11.5 Å². The van der Waals surface area contributed by atoms with Crippen LogP contribution in [0.4, 0.5) is 5.13 Å². The van der Waals surface area contributed by atoms with E-state index in [-0.39, 0.29) is 25.1 Å². The molecule has 1 aliphatic heterocycles. The molecule has 0 fully saturated rings. The fourth-order valence-corrected chi connectivity index (χ4v) is 5.08. The highest BCUT2D eigenvalue weighted by Crippen LogP contribution is 2.40. The van der Waals surface area contributed by atoms with Crippen molar-refractivity contribution in [1.29, 1.82) is 0 Å². The summed E-state index contributed by atoms with van der Waals surface area (Å²) in [6.07, 6.45) is 1.36. The number of halogens is 1. The van der Waals surface area contributed by atoms with Crippen molar-refractivity contribution in [3.05, 3.63) is 42.5 Å². The van der Waals surface area contributed by atoms with Crippen molar-refractivity contribution in [2.75, 3.05) is 44.6 Å². The zero-order chi connectivity index (χ0) is 20.9. The van der Waals surface area contributed by atoms with Gasteiger partial charge in [-0.15, -0.1) is 24.2 Å². The van der Waals surface area contributed by atoms with Crippen molar-refractivity contribution in [2.24, 2.45) is 0 Å². The Morgan fingerprint density at radius 3 is 2.61 bits per heavy atom. The number of fused-ring (bicyclic) bond motifs is 2. The summed E-state index contributed by atoms with van der Waals surface area (Å²) in [7, 11) is 4.09. The SMILES string of the molecule is CN(C)CCCN(C(=O)CCSc1ccccc1)c1nc2cc3c(cc2s1)OCO3.Cl. The second kappa shape index (κ2) is 11.0. The largest absolute Gasteiger partial charge is 0.454 e. The summed E-state index contributed by atoms with van der Waals surface area (Å²) in [6.45, 7) is 1.82.